The molecule has 1 saturated heterocycles. The van der Waals surface area contributed by atoms with Gasteiger partial charge in [0, 0.05) is 39.5 Å². The molecule has 0 saturated carbocycles. The van der Waals surface area contributed by atoms with Crippen LogP contribution in [0.4, 0.5) is 0 Å². The number of aromatic nitrogens is 3. The molecule has 0 spiro atoms. The normalized spacial score (nSPS) is 15.3. The minimum Gasteiger partial charge on any atom is -0.335 e. The summed E-state index contributed by atoms with van der Waals surface area (Å²) in [5, 5.41) is -0.234. The van der Waals surface area contributed by atoms with Crippen LogP contribution in [0.2, 0.25) is 0 Å². The summed E-state index contributed by atoms with van der Waals surface area (Å²) in [4.78, 5) is 39.2. The highest BCUT2D eigenvalue weighted by Gasteiger charge is 2.40. The number of amides is 1. The van der Waals surface area contributed by atoms with Gasteiger partial charge in [0.05, 0.1) is 10.6 Å². The lowest BCUT2D eigenvalue weighted by Gasteiger charge is -2.38. The highest BCUT2D eigenvalue weighted by atomic mass is 32.2. The fourth-order valence-corrected chi connectivity index (χ4v) is 4.78. The van der Waals surface area contributed by atoms with Crippen LogP contribution in [0, 0.1) is 0 Å². The van der Waals surface area contributed by atoms with Crippen LogP contribution in [-0.4, -0.2) is 57.0 Å². The molecule has 3 rings (SSSR count). The van der Waals surface area contributed by atoms with Crippen LogP contribution in [0.15, 0.2) is 15.7 Å². The highest BCUT2D eigenvalue weighted by Crippen LogP contribution is 2.23. The Hall–Kier alpha value is -2.36. The first-order valence-electron chi connectivity index (χ1n) is 8.94. The lowest BCUT2D eigenvalue weighted by Crippen LogP contribution is -2.57. The van der Waals surface area contributed by atoms with Gasteiger partial charge in [0.25, 0.3) is 11.5 Å². The topological polar surface area (TPSA) is 103 Å². The first-order valence-corrected chi connectivity index (χ1v) is 10.7. The number of carbonyl (C=O) groups is 1. The van der Waals surface area contributed by atoms with Gasteiger partial charge >= 0.3 is 5.69 Å². The monoisotopic (exact) mass is 396 g/mol. The van der Waals surface area contributed by atoms with Crippen LogP contribution < -0.4 is 11.2 Å². The number of hydrogen-bond donors (Lipinski definition) is 0. The van der Waals surface area contributed by atoms with E-state index in [9.17, 15) is 22.8 Å². The maximum absolute atomic E-state index is 13.0. The summed E-state index contributed by atoms with van der Waals surface area (Å²) in [5.41, 5.74) is -0.198. The molecule has 1 aliphatic heterocycles. The average Bonchev–Trinajstić information content (AvgIpc) is 2.96. The molecule has 148 valence electrons. The van der Waals surface area contributed by atoms with Gasteiger partial charge in [-0.25, -0.2) is 13.2 Å². The number of fused-ring (bicyclic) bond motifs is 1. The molecular formula is C17H24N4O5S. The highest BCUT2D eigenvalue weighted by molar-refractivity contribution is 7.92. The second-order valence-electron chi connectivity index (χ2n) is 6.91. The van der Waals surface area contributed by atoms with Gasteiger partial charge in [-0.3, -0.25) is 18.7 Å². The van der Waals surface area contributed by atoms with Crippen molar-refractivity contribution in [1.82, 2.24) is 18.6 Å². The minimum absolute atomic E-state index is 0.0496. The molecule has 0 radical (unpaired) electrons. The van der Waals surface area contributed by atoms with E-state index in [0.29, 0.717) is 29.7 Å². The minimum atomic E-state index is -3.18. The largest absolute Gasteiger partial charge is 0.335 e. The fourth-order valence-electron chi connectivity index (χ4n) is 3.50. The lowest BCUT2D eigenvalue weighted by molar-refractivity contribution is 0.0648. The van der Waals surface area contributed by atoms with Crippen LogP contribution in [-0.2, 0) is 30.5 Å². The number of carbonyl (C=O) groups excluding carboxylic acids is 1. The molecule has 0 unspecified atom stereocenters. The Morgan fingerprint density at radius 1 is 1.15 bits per heavy atom. The van der Waals surface area contributed by atoms with Gasteiger partial charge in [0.2, 0.25) is 0 Å². The fraction of sp³-hybridized carbons (Fsp3) is 0.588. The van der Waals surface area contributed by atoms with Crippen molar-refractivity contribution in [3.63, 3.8) is 0 Å². The summed E-state index contributed by atoms with van der Waals surface area (Å²) in [5.74, 6) is -0.273. The third-order valence-corrected chi connectivity index (χ3v) is 7.33. The van der Waals surface area contributed by atoms with Gasteiger partial charge < -0.3 is 9.47 Å². The molecule has 27 heavy (non-hydrogen) atoms. The van der Waals surface area contributed by atoms with Crippen LogP contribution >= 0.6 is 0 Å². The van der Waals surface area contributed by atoms with E-state index in [1.165, 1.54) is 22.6 Å². The van der Waals surface area contributed by atoms with Crippen molar-refractivity contribution in [2.45, 2.75) is 32.1 Å². The number of sulfone groups is 1. The summed E-state index contributed by atoms with van der Waals surface area (Å²) < 4.78 is 27.9. The molecule has 1 amide bonds. The predicted molar refractivity (Wildman–Crippen MR) is 102 cm³/mol. The Morgan fingerprint density at radius 3 is 2.33 bits per heavy atom. The summed E-state index contributed by atoms with van der Waals surface area (Å²) in [6.07, 6.45) is 0.709. The molecule has 10 heteroatoms. The van der Waals surface area contributed by atoms with Crippen molar-refractivity contribution in [3.8, 4) is 0 Å². The van der Waals surface area contributed by atoms with Crippen molar-refractivity contribution in [2.75, 3.05) is 18.8 Å². The van der Waals surface area contributed by atoms with Crippen LogP contribution in [0.25, 0.3) is 11.0 Å². The summed E-state index contributed by atoms with van der Waals surface area (Å²) >= 11 is 0. The van der Waals surface area contributed by atoms with E-state index in [1.54, 1.807) is 18.5 Å². The van der Waals surface area contributed by atoms with E-state index in [0.717, 1.165) is 4.57 Å². The van der Waals surface area contributed by atoms with Crippen molar-refractivity contribution >= 4 is 26.8 Å². The average molecular weight is 396 g/mol. The summed E-state index contributed by atoms with van der Waals surface area (Å²) in [6.45, 7) is 4.30. The molecular weight excluding hydrogens is 372 g/mol. The molecule has 0 bridgehead atoms. The van der Waals surface area contributed by atoms with Gasteiger partial charge in [-0.1, -0.05) is 13.8 Å². The first kappa shape index (κ1) is 19.4. The Bertz CT molecular complexity index is 1130. The standard InChI is InChI=1S/C17H24N4O5S/c1-5-7-21-13(16(23)20-9-11(10-20)27(25,26)6-2)8-12-14(21)18(3)17(24)19(4)15(12)22/h8,11H,5-7,9-10H2,1-4H3. The summed E-state index contributed by atoms with van der Waals surface area (Å²) in [6, 6.07) is 1.51. The lowest BCUT2D eigenvalue weighted by atomic mass is 10.2. The zero-order chi connectivity index (χ0) is 20.1. The third-order valence-electron chi connectivity index (χ3n) is 5.21. The van der Waals surface area contributed by atoms with E-state index >= 15 is 0 Å². The molecule has 9 nitrogen and oxygen atoms in total. The van der Waals surface area contributed by atoms with E-state index < -0.39 is 26.3 Å². The second-order valence-corrected chi connectivity index (χ2v) is 9.48. The molecule has 0 aromatic carbocycles. The number of rotatable bonds is 5. The number of aryl methyl sites for hydroxylation is 2. The maximum Gasteiger partial charge on any atom is 0.332 e. The number of hydrogen-bond acceptors (Lipinski definition) is 5. The van der Waals surface area contributed by atoms with E-state index in [2.05, 4.69) is 0 Å². The van der Waals surface area contributed by atoms with E-state index in [-0.39, 0.29) is 24.7 Å². The molecule has 2 aromatic rings. The van der Waals surface area contributed by atoms with Crippen LogP contribution in [0.5, 0.6) is 0 Å². The van der Waals surface area contributed by atoms with Gasteiger partial charge in [-0.15, -0.1) is 0 Å². The summed E-state index contributed by atoms with van der Waals surface area (Å²) in [7, 11) is -0.211. The zero-order valence-electron chi connectivity index (χ0n) is 15.9. The predicted octanol–water partition coefficient (Wildman–Crippen LogP) is -0.292. The first-order chi connectivity index (χ1) is 12.6. The molecule has 0 aliphatic carbocycles. The van der Waals surface area contributed by atoms with Gasteiger partial charge in [0.1, 0.15) is 11.3 Å². The van der Waals surface area contributed by atoms with Gasteiger partial charge in [0.15, 0.2) is 9.84 Å². The van der Waals surface area contributed by atoms with Gasteiger partial charge in [-0.05, 0) is 12.5 Å². The van der Waals surface area contributed by atoms with E-state index in [1.807, 2.05) is 6.92 Å². The Balaban J connectivity index is 2.08. The Morgan fingerprint density at radius 2 is 1.78 bits per heavy atom. The van der Waals surface area contributed by atoms with Crippen molar-refractivity contribution in [3.05, 3.63) is 32.6 Å². The smallest absolute Gasteiger partial charge is 0.332 e. The number of likely N-dealkylation sites (tertiary alicyclic amines) is 1. The molecule has 3 heterocycles. The molecule has 1 fully saturated rings. The van der Waals surface area contributed by atoms with Crippen LogP contribution in [0.1, 0.15) is 30.8 Å². The molecule has 1 aliphatic rings. The van der Waals surface area contributed by atoms with Crippen molar-refractivity contribution in [1.29, 1.82) is 0 Å². The third kappa shape index (κ3) is 2.91. The van der Waals surface area contributed by atoms with Crippen LogP contribution in [0.3, 0.4) is 0 Å². The molecule has 0 atom stereocenters. The zero-order valence-corrected chi connectivity index (χ0v) is 16.7. The number of nitrogens with zero attached hydrogens (tertiary/aromatic N) is 4. The Labute approximate surface area is 156 Å². The molecule has 2 aromatic heterocycles. The maximum atomic E-state index is 13.0. The quantitative estimate of drug-likeness (QED) is 0.691. The second kappa shape index (κ2) is 6.66. The SMILES string of the molecule is CCCn1c(C(=O)N2CC(S(=O)(=O)CC)C2)cc2c(=O)n(C)c(=O)n(C)c21. The molecule has 0 N–H and O–H groups in total. The van der Waals surface area contributed by atoms with Crippen molar-refractivity contribution in [2.24, 2.45) is 14.1 Å². The Kier molecular flexibility index (Phi) is 4.79. The van der Waals surface area contributed by atoms with Gasteiger partial charge in [-0.2, -0.15) is 0 Å². The van der Waals surface area contributed by atoms with E-state index in [4.69, 9.17) is 0 Å². The van der Waals surface area contributed by atoms with Crippen molar-refractivity contribution < 1.29 is 13.2 Å².